The van der Waals surface area contributed by atoms with Gasteiger partial charge in [0.2, 0.25) is 0 Å². The third-order valence-corrected chi connectivity index (χ3v) is 4.53. The molecule has 0 bridgehead atoms. The van der Waals surface area contributed by atoms with Crippen molar-refractivity contribution in [3.8, 4) is 0 Å². The van der Waals surface area contributed by atoms with E-state index in [0.29, 0.717) is 11.6 Å². The predicted molar refractivity (Wildman–Crippen MR) is 64.8 cm³/mol. The first-order valence-electron chi connectivity index (χ1n) is 6.69. The van der Waals surface area contributed by atoms with Crippen LogP contribution in [0.25, 0.3) is 0 Å². The van der Waals surface area contributed by atoms with Crippen molar-refractivity contribution in [2.24, 2.45) is 11.7 Å². The van der Waals surface area contributed by atoms with Crippen LogP contribution in [0, 0.1) is 5.92 Å². The molecule has 0 radical (unpaired) electrons. The number of likely N-dealkylation sites (tertiary alicyclic amines) is 1. The molecule has 15 heavy (non-hydrogen) atoms. The second kappa shape index (κ2) is 4.42. The normalized spacial score (nSPS) is 42.6. The number of hydrogen-bond acceptors (Lipinski definition) is 2. The van der Waals surface area contributed by atoms with Gasteiger partial charge in [-0.15, -0.1) is 0 Å². The van der Waals surface area contributed by atoms with Gasteiger partial charge in [-0.1, -0.05) is 26.7 Å². The third-order valence-electron chi connectivity index (χ3n) is 4.53. The highest BCUT2D eigenvalue weighted by atomic mass is 15.2. The van der Waals surface area contributed by atoms with Crippen molar-refractivity contribution in [3.63, 3.8) is 0 Å². The summed E-state index contributed by atoms with van der Waals surface area (Å²) in [5.41, 5.74) is 6.77. The highest BCUT2D eigenvalue weighted by molar-refractivity contribution is 5.06. The van der Waals surface area contributed by atoms with E-state index in [1.54, 1.807) is 0 Å². The minimum absolute atomic E-state index is 0.383. The third kappa shape index (κ3) is 1.94. The van der Waals surface area contributed by atoms with Crippen LogP contribution < -0.4 is 5.73 Å². The molecule has 0 aromatic rings. The van der Waals surface area contributed by atoms with Crippen LogP contribution in [0.4, 0.5) is 0 Å². The van der Waals surface area contributed by atoms with E-state index in [9.17, 15) is 0 Å². The van der Waals surface area contributed by atoms with Crippen LogP contribution in [0.1, 0.15) is 52.4 Å². The molecule has 3 unspecified atom stereocenters. The van der Waals surface area contributed by atoms with E-state index in [1.165, 1.54) is 51.6 Å². The number of nitrogens with two attached hydrogens (primary N) is 1. The second-order valence-electron chi connectivity index (χ2n) is 5.69. The minimum atomic E-state index is 0.383. The van der Waals surface area contributed by atoms with Gasteiger partial charge in [-0.2, -0.15) is 0 Å². The first-order valence-corrected chi connectivity index (χ1v) is 6.69. The SMILES string of the molecule is CCCN1CCC(N)C12CCCC(C)C2. The maximum absolute atomic E-state index is 6.39. The Labute approximate surface area is 94.2 Å². The molecule has 3 atom stereocenters. The maximum atomic E-state index is 6.39. The smallest absolute Gasteiger partial charge is 0.0363 e. The Bertz CT molecular complexity index is 215. The molecule has 2 fully saturated rings. The first kappa shape index (κ1) is 11.4. The van der Waals surface area contributed by atoms with Crippen LogP contribution in [0.15, 0.2) is 0 Å². The molecule has 1 saturated carbocycles. The minimum Gasteiger partial charge on any atom is -0.326 e. The van der Waals surface area contributed by atoms with Crippen LogP contribution in [-0.2, 0) is 0 Å². The number of nitrogens with zero attached hydrogens (tertiary/aromatic N) is 1. The van der Waals surface area contributed by atoms with Crippen LogP contribution in [0.3, 0.4) is 0 Å². The summed E-state index contributed by atoms with van der Waals surface area (Å²) < 4.78 is 0. The molecule has 88 valence electrons. The molecule has 0 amide bonds. The lowest BCUT2D eigenvalue weighted by molar-refractivity contribution is 0.0600. The van der Waals surface area contributed by atoms with Crippen LogP contribution in [-0.4, -0.2) is 29.6 Å². The van der Waals surface area contributed by atoms with Crippen LogP contribution in [0.2, 0.25) is 0 Å². The Morgan fingerprint density at radius 3 is 2.87 bits per heavy atom. The Morgan fingerprint density at radius 1 is 1.40 bits per heavy atom. The maximum Gasteiger partial charge on any atom is 0.0363 e. The van der Waals surface area contributed by atoms with Gasteiger partial charge in [0.1, 0.15) is 0 Å². The molecule has 2 nitrogen and oxygen atoms in total. The van der Waals surface area contributed by atoms with Crippen molar-refractivity contribution in [1.82, 2.24) is 4.90 Å². The fourth-order valence-electron chi connectivity index (χ4n) is 3.81. The van der Waals surface area contributed by atoms with Gasteiger partial charge in [-0.25, -0.2) is 0 Å². The van der Waals surface area contributed by atoms with Gasteiger partial charge in [-0.3, -0.25) is 4.90 Å². The summed E-state index contributed by atoms with van der Waals surface area (Å²) >= 11 is 0. The Kier molecular flexibility index (Phi) is 3.36. The monoisotopic (exact) mass is 210 g/mol. The molecule has 1 heterocycles. The topological polar surface area (TPSA) is 29.3 Å². The Morgan fingerprint density at radius 2 is 2.20 bits per heavy atom. The highest BCUT2D eigenvalue weighted by Crippen LogP contribution is 2.43. The van der Waals surface area contributed by atoms with Crippen molar-refractivity contribution in [2.45, 2.75) is 64.0 Å². The molecular weight excluding hydrogens is 184 g/mol. The summed E-state index contributed by atoms with van der Waals surface area (Å²) in [6.45, 7) is 7.17. The molecule has 1 aliphatic carbocycles. The zero-order valence-electron chi connectivity index (χ0n) is 10.3. The van der Waals surface area contributed by atoms with Gasteiger partial charge in [0.05, 0.1) is 0 Å². The molecule has 1 aliphatic heterocycles. The lowest BCUT2D eigenvalue weighted by atomic mass is 9.72. The average molecular weight is 210 g/mol. The van der Waals surface area contributed by atoms with Crippen molar-refractivity contribution in [2.75, 3.05) is 13.1 Å². The quantitative estimate of drug-likeness (QED) is 0.758. The fourth-order valence-corrected chi connectivity index (χ4v) is 3.81. The largest absolute Gasteiger partial charge is 0.326 e. The van der Waals surface area contributed by atoms with Gasteiger partial charge in [0.15, 0.2) is 0 Å². The molecule has 2 aliphatic rings. The molecule has 0 aromatic carbocycles. The Hall–Kier alpha value is -0.0800. The lowest BCUT2D eigenvalue weighted by Gasteiger charge is -2.46. The lowest BCUT2D eigenvalue weighted by Crippen LogP contribution is -2.56. The van der Waals surface area contributed by atoms with E-state index >= 15 is 0 Å². The highest BCUT2D eigenvalue weighted by Gasteiger charge is 2.47. The van der Waals surface area contributed by atoms with Gasteiger partial charge in [-0.05, 0) is 38.1 Å². The zero-order chi connectivity index (χ0) is 10.9. The van der Waals surface area contributed by atoms with E-state index in [1.807, 2.05) is 0 Å². The number of hydrogen-bond donors (Lipinski definition) is 1. The fraction of sp³-hybridized carbons (Fsp3) is 1.00. The summed E-state index contributed by atoms with van der Waals surface area (Å²) in [6, 6.07) is 0.437. The van der Waals surface area contributed by atoms with E-state index < -0.39 is 0 Å². The van der Waals surface area contributed by atoms with Crippen molar-refractivity contribution in [3.05, 3.63) is 0 Å². The molecular formula is C13H26N2. The summed E-state index contributed by atoms with van der Waals surface area (Å²) in [5.74, 6) is 0.877. The summed E-state index contributed by atoms with van der Waals surface area (Å²) in [4.78, 5) is 2.70. The van der Waals surface area contributed by atoms with E-state index in [2.05, 4.69) is 18.7 Å². The number of rotatable bonds is 2. The van der Waals surface area contributed by atoms with Crippen LogP contribution in [0.5, 0.6) is 0 Å². The van der Waals surface area contributed by atoms with Gasteiger partial charge in [0, 0.05) is 18.1 Å². The summed E-state index contributed by atoms with van der Waals surface area (Å²) in [7, 11) is 0. The van der Waals surface area contributed by atoms with Crippen molar-refractivity contribution in [1.29, 1.82) is 0 Å². The molecule has 2 N–H and O–H groups in total. The van der Waals surface area contributed by atoms with Crippen LogP contribution >= 0.6 is 0 Å². The summed E-state index contributed by atoms with van der Waals surface area (Å²) in [6.07, 6.45) is 7.96. The summed E-state index contributed by atoms with van der Waals surface area (Å²) in [5, 5.41) is 0. The molecule has 0 aromatic heterocycles. The average Bonchev–Trinajstić information content (AvgIpc) is 2.48. The molecule has 2 heteroatoms. The van der Waals surface area contributed by atoms with E-state index in [0.717, 1.165) is 5.92 Å². The standard InChI is InChI=1S/C13H26N2/c1-3-8-15-9-6-12(14)13(15)7-4-5-11(2)10-13/h11-12H,3-10,14H2,1-2H3. The van der Waals surface area contributed by atoms with E-state index in [4.69, 9.17) is 5.73 Å². The van der Waals surface area contributed by atoms with Gasteiger partial charge >= 0.3 is 0 Å². The Balaban J connectivity index is 2.13. The molecule has 1 spiro atoms. The van der Waals surface area contributed by atoms with Gasteiger partial charge < -0.3 is 5.73 Å². The van der Waals surface area contributed by atoms with Crippen molar-refractivity contribution >= 4 is 0 Å². The molecule has 1 saturated heterocycles. The molecule has 2 rings (SSSR count). The predicted octanol–water partition coefficient (Wildman–Crippen LogP) is 2.38. The first-order chi connectivity index (χ1) is 7.19. The van der Waals surface area contributed by atoms with Crippen molar-refractivity contribution < 1.29 is 0 Å². The zero-order valence-corrected chi connectivity index (χ0v) is 10.3. The second-order valence-corrected chi connectivity index (χ2v) is 5.69. The van der Waals surface area contributed by atoms with E-state index in [-0.39, 0.29) is 0 Å². The van der Waals surface area contributed by atoms with Gasteiger partial charge in [0.25, 0.3) is 0 Å².